The Morgan fingerprint density at radius 3 is 2.56 bits per heavy atom. The zero-order chi connectivity index (χ0) is 20.0. The molecule has 0 aliphatic carbocycles. The zero-order valence-corrected chi connectivity index (χ0v) is 17.0. The van der Waals surface area contributed by atoms with Crippen LogP contribution in [0, 0.1) is 17.0 Å². The predicted molar refractivity (Wildman–Crippen MR) is 98.4 cm³/mol. The zero-order valence-electron chi connectivity index (χ0n) is 14.6. The fourth-order valence-electron chi connectivity index (χ4n) is 2.83. The smallest absolute Gasteiger partial charge is 0.272 e. The first kappa shape index (κ1) is 20.0. The molecule has 146 valence electrons. The van der Waals surface area contributed by atoms with Gasteiger partial charge in [0.15, 0.2) is 21.5 Å². The third kappa shape index (κ3) is 4.07. The highest BCUT2D eigenvalue weighted by molar-refractivity contribution is 9.10. The quantitative estimate of drug-likeness (QED) is 0.692. The van der Waals surface area contributed by atoms with Crippen molar-refractivity contribution in [2.45, 2.75) is 11.8 Å². The highest BCUT2D eigenvalue weighted by Gasteiger charge is 2.39. The molecule has 1 fully saturated rings. The number of carbonyl (C=O) groups is 1. The Morgan fingerprint density at radius 2 is 2.00 bits per heavy atom. The Kier molecular flexibility index (Phi) is 5.17. The van der Waals surface area contributed by atoms with Crippen molar-refractivity contribution < 1.29 is 26.7 Å². The summed E-state index contributed by atoms with van der Waals surface area (Å²) in [5.41, 5.74) is -0.324. The van der Waals surface area contributed by atoms with Gasteiger partial charge in [0.2, 0.25) is 0 Å². The molecule has 6 nitrogen and oxygen atoms in total. The van der Waals surface area contributed by atoms with Crippen LogP contribution in [0.2, 0.25) is 0 Å². The molecule has 0 spiro atoms. The molecule has 0 unspecified atom stereocenters. The first-order chi connectivity index (χ1) is 12.5. The number of nitrogens with one attached hydrogen (secondary N) is 1. The first-order valence-electron chi connectivity index (χ1n) is 7.93. The van der Waals surface area contributed by atoms with Gasteiger partial charge in [-0.15, -0.1) is 0 Å². The molecule has 0 bridgehead atoms. The summed E-state index contributed by atoms with van der Waals surface area (Å²) in [5, 5.41) is 2.43. The second kappa shape index (κ2) is 6.99. The van der Waals surface area contributed by atoms with Crippen LogP contribution in [-0.4, -0.2) is 37.9 Å². The van der Waals surface area contributed by atoms with Gasteiger partial charge in [-0.1, -0.05) is 6.92 Å². The number of hydrogen-bond donors (Lipinski definition) is 1. The number of ether oxygens (including phenoxy) is 1. The van der Waals surface area contributed by atoms with Gasteiger partial charge in [-0.3, -0.25) is 4.79 Å². The molecule has 1 saturated heterocycles. The van der Waals surface area contributed by atoms with Gasteiger partial charge >= 0.3 is 0 Å². The van der Waals surface area contributed by atoms with Gasteiger partial charge in [0.1, 0.15) is 5.69 Å². The van der Waals surface area contributed by atoms with E-state index >= 15 is 0 Å². The number of benzene rings is 1. The number of aromatic nitrogens is 1. The number of carbonyl (C=O) groups excluding carboxylic acids is 1. The van der Waals surface area contributed by atoms with Crippen molar-refractivity contribution in [3.63, 3.8) is 0 Å². The summed E-state index contributed by atoms with van der Waals surface area (Å²) in [6, 6.07) is 3.33. The maximum atomic E-state index is 13.5. The lowest BCUT2D eigenvalue weighted by molar-refractivity contribution is -0.0870. The summed E-state index contributed by atoms with van der Waals surface area (Å²) in [6.45, 7) is 2.57. The highest BCUT2D eigenvalue weighted by atomic mass is 79.9. The van der Waals surface area contributed by atoms with E-state index in [1.807, 2.05) is 6.92 Å². The molecule has 27 heavy (non-hydrogen) atoms. The van der Waals surface area contributed by atoms with Crippen LogP contribution in [0.3, 0.4) is 0 Å². The Morgan fingerprint density at radius 1 is 1.33 bits per heavy atom. The molecular weight excluding hydrogens is 446 g/mol. The van der Waals surface area contributed by atoms with Crippen molar-refractivity contribution in [1.82, 2.24) is 4.57 Å². The van der Waals surface area contributed by atoms with Crippen molar-refractivity contribution >= 4 is 37.4 Å². The largest absolute Gasteiger partial charge is 0.380 e. The number of nitrogens with zero attached hydrogens (tertiary/aromatic N) is 1. The molecule has 10 heteroatoms. The van der Waals surface area contributed by atoms with Gasteiger partial charge in [0, 0.05) is 30.4 Å². The van der Waals surface area contributed by atoms with E-state index in [0.717, 1.165) is 6.07 Å². The van der Waals surface area contributed by atoms with E-state index in [0.29, 0.717) is 13.2 Å². The molecule has 3 rings (SSSR count). The van der Waals surface area contributed by atoms with Gasteiger partial charge in [-0.05, 0) is 28.1 Å². The van der Waals surface area contributed by atoms with Crippen LogP contribution in [0.1, 0.15) is 17.4 Å². The standard InChI is InChI=1S/C17H17BrF2N2O4S/c1-17(7-26-8-17)9-27(24,25)11-5-14(22(2)6-11)16(23)21-10-3-12(18)15(20)13(19)4-10/h3-6H,7-9H2,1-2H3,(H,21,23). The Bertz CT molecular complexity index is 993. The second-order valence-electron chi connectivity index (χ2n) is 6.94. The molecule has 1 amide bonds. The van der Waals surface area contributed by atoms with Crippen molar-refractivity contribution in [1.29, 1.82) is 0 Å². The molecule has 0 radical (unpaired) electrons. The highest BCUT2D eigenvalue weighted by Crippen LogP contribution is 2.31. The fraction of sp³-hybridized carbons (Fsp3) is 0.353. The SMILES string of the molecule is Cn1cc(S(=O)(=O)CC2(C)COC2)cc1C(=O)Nc1cc(F)c(F)c(Br)c1. The molecule has 1 aliphatic rings. The number of halogens is 3. The molecule has 0 atom stereocenters. The summed E-state index contributed by atoms with van der Waals surface area (Å²) in [4.78, 5) is 12.5. The van der Waals surface area contributed by atoms with Crippen molar-refractivity contribution in [3.05, 3.63) is 46.2 Å². The number of rotatable bonds is 5. The fourth-order valence-corrected chi connectivity index (χ4v) is 5.13. The van der Waals surface area contributed by atoms with E-state index in [1.54, 1.807) is 0 Å². The lowest BCUT2D eigenvalue weighted by Crippen LogP contribution is -2.45. The average Bonchev–Trinajstić information content (AvgIpc) is 2.93. The van der Waals surface area contributed by atoms with E-state index in [-0.39, 0.29) is 26.5 Å². The van der Waals surface area contributed by atoms with Crippen molar-refractivity contribution in [2.75, 3.05) is 24.3 Å². The van der Waals surface area contributed by atoms with Gasteiger partial charge in [-0.25, -0.2) is 17.2 Å². The van der Waals surface area contributed by atoms with E-state index in [4.69, 9.17) is 4.74 Å². The maximum Gasteiger partial charge on any atom is 0.272 e. The molecule has 1 aliphatic heterocycles. The predicted octanol–water partition coefficient (Wildman–Crippen LogP) is 3.13. The minimum absolute atomic E-state index is 0.0229. The normalized spacial score (nSPS) is 16.0. The monoisotopic (exact) mass is 462 g/mol. The molecule has 0 saturated carbocycles. The number of anilines is 1. The van der Waals surface area contributed by atoms with Crippen molar-refractivity contribution in [2.24, 2.45) is 12.5 Å². The van der Waals surface area contributed by atoms with E-state index in [2.05, 4.69) is 21.2 Å². The average molecular weight is 463 g/mol. The van der Waals surface area contributed by atoms with Gasteiger partial charge in [-0.2, -0.15) is 0 Å². The Labute approximate surface area is 163 Å². The van der Waals surface area contributed by atoms with Crippen LogP contribution in [0.5, 0.6) is 0 Å². The molecule has 1 N–H and O–H groups in total. The van der Waals surface area contributed by atoms with Crippen LogP contribution in [0.4, 0.5) is 14.5 Å². The lowest BCUT2D eigenvalue weighted by Gasteiger charge is -2.37. The van der Waals surface area contributed by atoms with Crippen LogP contribution >= 0.6 is 15.9 Å². The first-order valence-corrected chi connectivity index (χ1v) is 10.4. The molecular formula is C17H17BrF2N2O4S. The lowest BCUT2D eigenvalue weighted by atomic mass is 9.92. The van der Waals surface area contributed by atoms with Crippen LogP contribution in [0.15, 0.2) is 33.8 Å². The molecule has 2 aromatic rings. The summed E-state index contributed by atoms with van der Waals surface area (Å²) in [5.74, 6) is -2.91. The summed E-state index contributed by atoms with van der Waals surface area (Å²) in [6.07, 6.45) is 1.36. The van der Waals surface area contributed by atoms with E-state index < -0.39 is 32.8 Å². The molecule has 1 aromatic carbocycles. The van der Waals surface area contributed by atoms with E-state index in [1.165, 1.54) is 29.9 Å². The van der Waals surface area contributed by atoms with Crippen molar-refractivity contribution in [3.8, 4) is 0 Å². The Balaban J connectivity index is 1.82. The topological polar surface area (TPSA) is 77.4 Å². The van der Waals surface area contributed by atoms with Gasteiger partial charge in [0.05, 0.1) is 28.3 Å². The molecule has 1 aromatic heterocycles. The van der Waals surface area contributed by atoms with Gasteiger partial charge in [0.25, 0.3) is 5.91 Å². The number of sulfone groups is 1. The van der Waals surface area contributed by atoms with Crippen LogP contribution < -0.4 is 5.32 Å². The van der Waals surface area contributed by atoms with Crippen LogP contribution in [0.25, 0.3) is 0 Å². The van der Waals surface area contributed by atoms with E-state index in [9.17, 15) is 22.0 Å². The minimum Gasteiger partial charge on any atom is -0.380 e. The minimum atomic E-state index is -3.60. The summed E-state index contributed by atoms with van der Waals surface area (Å²) >= 11 is 2.87. The number of amides is 1. The second-order valence-corrected chi connectivity index (χ2v) is 9.79. The number of aryl methyl sites for hydroxylation is 1. The number of hydrogen-bond acceptors (Lipinski definition) is 4. The maximum absolute atomic E-state index is 13.5. The summed E-state index contributed by atoms with van der Waals surface area (Å²) < 4.78 is 58.4. The Hall–Kier alpha value is -1.78. The molecule has 2 heterocycles. The third-order valence-electron chi connectivity index (χ3n) is 4.25. The third-order valence-corrected chi connectivity index (χ3v) is 6.85. The van der Waals surface area contributed by atoms with Crippen LogP contribution in [-0.2, 0) is 21.6 Å². The van der Waals surface area contributed by atoms with Gasteiger partial charge < -0.3 is 14.6 Å². The summed E-state index contributed by atoms with van der Waals surface area (Å²) in [7, 11) is -2.07.